The summed E-state index contributed by atoms with van der Waals surface area (Å²) in [5, 5.41) is 0. The van der Waals surface area contributed by atoms with E-state index in [0.29, 0.717) is 49.2 Å². The number of nitrogens with zero attached hydrogens (tertiary/aromatic N) is 2. The number of benzene rings is 2. The van der Waals surface area contributed by atoms with Gasteiger partial charge in [-0.25, -0.2) is 4.39 Å². The largest absolute Gasteiger partial charge is 0.363 e. The summed E-state index contributed by atoms with van der Waals surface area (Å²) >= 11 is 0. The Morgan fingerprint density at radius 3 is 2.36 bits per heavy atom. The highest BCUT2D eigenvalue weighted by molar-refractivity contribution is 6.01. The van der Waals surface area contributed by atoms with Crippen LogP contribution in [-0.2, 0) is 9.53 Å². The van der Waals surface area contributed by atoms with Crippen molar-refractivity contribution >= 4 is 11.8 Å². The molecule has 2 aromatic rings. The van der Waals surface area contributed by atoms with Crippen LogP contribution < -0.4 is 0 Å². The van der Waals surface area contributed by atoms with Crippen molar-refractivity contribution in [3.8, 4) is 11.1 Å². The standard InChI is InChI=1S/C22H23FN2O3/c1-24-15-22(28-14-20(24)26)10-12-25(13-11-22)21(27)18-8-3-2-6-16(18)17-7-4-5-9-19(17)23/h2-9H,10-15H2,1H3. The van der Waals surface area contributed by atoms with Crippen LogP contribution in [0.5, 0.6) is 0 Å². The van der Waals surface area contributed by atoms with Crippen molar-refractivity contribution < 1.29 is 18.7 Å². The van der Waals surface area contributed by atoms with Crippen molar-refractivity contribution in [1.82, 2.24) is 9.80 Å². The van der Waals surface area contributed by atoms with Gasteiger partial charge < -0.3 is 14.5 Å². The number of likely N-dealkylation sites (N-methyl/N-ethyl adjacent to an activating group) is 1. The summed E-state index contributed by atoms with van der Waals surface area (Å²) in [5.41, 5.74) is 1.16. The zero-order valence-electron chi connectivity index (χ0n) is 15.9. The highest BCUT2D eigenvalue weighted by atomic mass is 19.1. The molecule has 0 radical (unpaired) electrons. The van der Waals surface area contributed by atoms with Crippen molar-refractivity contribution in [2.75, 3.05) is 33.3 Å². The minimum absolute atomic E-state index is 0.0112. The Kier molecular flexibility index (Phi) is 4.89. The maximum absolute atomic E-state index is 14.3. The van der Waals surface area contributed by atoms with E-state index in [2.05, 4.69) is 0 Å². The lowest BCUT2D eigenvalue weighted by molar-refractivity contribution is -0.167. The van der Waals surface area contributed by atoms with Crippen molar-refractivity contribution in [1.29, 1.82) is 0 Å². The molecule has 0 aliphatic carbocycles. The fourth-order valence-electron chi connectivity index (χ4n) is 4.07. The van der Waals surface area contributed by atoms with E-state index in [9.17, 15) is 14.0 Å². The molecular formula is C22H23FN2O3. The Bertz CT molecular complexity index is 906. The molecular weight excluding hydrogens is 359 g/mol. The van der Waals surface area contributed by atoms with Gasteiger partial charge in [0.25, 0.3) is 5.91 Å². The molecule has 4 rings (SSSR count). The molecule has 2 fully saturated rings. The van der Waals surface area contributed by atoms with E-state index < -0.39 is 0 Å². The predicted molar refractivity (Wildman–Crippen MR) is 103 cm³/mol. The van der Waals surface area contributed by atoms with E-state index in [1.807, 2.05) is 6.07 Å². The van der Waals surface area contributed by atoms with Crippen molar-refractivity contribution in [3.63, 3.8) is 0 Å². The highest BCUT2D eigenvalue weighted by Gasteiger charge is 2.42. The second-order valence-corrected chi connectivity index (χ2v) is 7.54. The number of amides is 2. The van der Waals surface area contributed by atoms with Crippen LogP contribution in [-0.4, -0.2) is 60.5 Å². The third kappa shape index (κ3) is 3.40. The van der Waals surface area contributed by atoms with Crippen LogP contribution in [0.2, 0.25) is 0 Å². The first-order chi connectivity index (χ1) is 13.5. The number of hydrogen-bond donors (Lipinski definition) is 0. The van der Waals surface area contributed by atoms with Gasteiger partial charge in [0.15, 0.2) is 0 Å². The third-order valence-electron chi connectivity index (χ3n) is 5.74. The van der Waals surface area contributed by atoms with Crippen LogP contribution in [0.1, 0.15) is 23.2 Å². The molecule has 5 nitrogen and oxygen atoms in total. The Morgan fingerprint density at radius 1 is 1.04 bits per heavy atom. The van der Waals surface area contributed by atoms with Crippen molar-refractivity contribution in [2.45, 2.75) is 18.4 Å². The van der Waals surface area contributed by atoms with E-state index in [1.165, 1.54) is 6.07 Å². The van der Waals surface area contributed by atoms with Gasteiger partial charge in [0.2, 0.25) is 5.91 Å². The zero-order chi connectivity index (χ0) is 19.7. The quantitative estimate of drug-likeness (QED) is 0.802. The van der Waals surface area contributed by atoms with Gasteiger partial charge in [-0.2, -0.15) is 0 Å². The van der Waals surface area contributed by atoms with Gasteiger partial charge in [0.1, 0.15) is 12.4 Å². The smallest absolute Gasteiger partial charge is 0.254 e. The van der Waals surface area contributed by atoms with Crippen LogP contribution in [0.15, 0.2) is 48.5 Å². The number of likely N-dealkylation sites (tertiary alicyclic amines) is 1. The second-order valence-electron chi connectivity index (χ2n) is 7.54. The summed E-state index contributed by atoms with van der Waals surface area (Å²) in [4.78, 5) is 28.4. The number of halogens is 1. The average Bonchev–Trinajstić information content (AvgIpc) is 2.72. The molecule has 2 amide bonds. The van der Waals surface area contributed by atoms with Crippen molar-refractivity contribution in [3.05, 3.63) is 59.9 Å². The Morgan fingerprint density at radius 2 is 1.68 bits per heavy atom. The molecule has 2 aliphatic heterocycles. The number of carbonyl (C=O) groups is 2. The molecule has 0 aromatic heterocycles. The lowest BCUT2D eigenvalue weighted by Crippen LogP contribution is -2.58. The summed E-state index contributed by atoms with van der Waals surface area (Å²) in [6.07, 6.45) is 1.36. The molecule has 6 heteroatoms. The third-order valence-corrected chi connectivity index (χ3v) is 5.74. The minimum atomic E-state index is -0.371. The predicted octanol–water partition coefficient (Wildman–Crippen LogP) is 2.96. The molecule has 146 valence electrons. The number of piperidine rings is 1. The summed E-state index contributed by atoms with van der Waals surface area (Å²) in [7, 11) is 1.79. The van der Waals surface area contributed by atoms with Crippen LogP contribution >= 0.6 is 0 Å². The molecule has 0 N–H and O–H groups in total. The SMILES string of the molecule is CN1CC2(CCN(C(=O)c3ccccc3-c3ccccc3F)CC2)OCC1=O. The molecule has 0 bridgehead atoms. The lowest BCUT2D eigenvalue weighted by atomic mass is 9.88. The van der Waals surface area contributed by atoms with E-state index in [-0.39, 0.29) is 29.8 Å². The number of hydrogen-bond acceptors (Lipinski definition) is 3. The van der Waals surface area contributed by atoms with E-state index in [1.54, 1.807) is 53.2 Å². The van der Waals surface area contributed by atoms with Gasteiger partial charge in [-0.3, -0.25) is 9.59 Å². The van der Waals surface area contributed by atoms with Crippen molar-refractivity contribution in [2.24, 2.45) is 0 Å². The number of morpholine rings is 1. The summed E-state index contributed by atoms with van der Waals surface area (Å²) in [6, 6.07) is 13.6. The minimum Gasteiger partial charge on any atom is -0.363 e. The van der Waals surface area contributed by atoms with Gasteiger partial charge in [-0.1, -0.05) is 36.4 Å². The average molecular weight is 382 g/mol. The second kappa shape index (κ2) is 7.36. The summed E-state index contributed by atoms with van der Waals surface area (Å²) in [5.74, 6) is -0.458. The zero-order valence-corrected chi connectivity index (χ0v) is 15.9. The molecule has 28 heavy (non-hydrogen) atoms. The molecule has 2 heterocycles. The molecule has 2 aliphatic rings. The van der Waals surface area contributed by atoms with Gasteiger partial charge in [-0.15, -0.1) is 0 Å². The normalized spacial score (nSPS) is 19.1. The Labute approximate surface area is 163 Å². The molecule has 0 saturated carbocycles. The molecule has 2 saturated heterocycles. The maximum Gasteiger partial charge on any atom is 0.254 e. The van der Waals surface area contributed by atoms with Crippen LogP contribution in [0, 0.1) is 5.82 Å². The highest BCUT2D eigenvalue weighted by Crippen LogP contribution is 2.32. The number of ether oxygens (including phenoxy) is 1. The van der Waals surface area contributed by atoms with Gasteiger partial charge >= 0.3 is 0 Å². The maximum atomic E-state index is 14.3. The first-order valence-electron chi connectivity index (χ1n) is 9.50. The molecule has 0 unspecified atom stereocenters. The Balaban J connectivity index is 1.53. The van der Waals surface area contributed by atoms with Gasteiger partial charge in [-0.05, 0) is 30.5 Å². The van der Waals surface area contributed by atoms with E-state index >= 15 is 0 Å². The number of rotatable bonds is 2. The van der Waals surface area contributed by atoms with Crippen LogP contribution in [0.3, 0.4) is 0 Å². The first kappa shape index (κ1) is 18.6. The fraction of sp³-hybridized carbons (Fsp3) is 0.364. The topological polar surface area (TPSA) is 49.9 Å². The first-order valence-corrected chi connectivity index (χ1v) is 9.50. The molecule has 2 aromatic carbocycles. The number of carbonyl (C=O) groups excluding carboxylic acids is 2. The van der Waals surface area contributed by atoms with E-state index in [4.69, 9.17) is 4.74 Å². The fourth-order valence-corrected chi connectivity index (χ4v) is 4.07. The summed E-state index contributed by atoms with van der Waals surface area (Å²) < 4.78 is 20.1. The molecule has 1 spiro atoms. The summed E-state index contributed by atoms with van der Waals surface area (Å²) in [6.45, 7) is 1.75. The molecule has 0 atom stereocenters. The monoisotopic (exact) mass is 382 g/mol. The van der Waals surface area contributed by atoms with Gasteiger partial charge in [0.05, 0.1) is 5.60 Å². The Hall–Kier alpha value is -2.73. The van der Waals surface area contributed by atoms with Crippen LogP contribution in [0.25, 0.3) is 11.1 Å². The van der Waals surface area contributed by atoms with Gasteiger partial charge in [0, 0.05) is 37.8 Å². The lowest BCUT2D eigenvalue weighted by Gasteiger charge is -2.46. The van der Waals surface area contributed by atoms with Crippen LogP contribution in [0.4, 0.5) is 4.39 Å². The van der Waals surface area contributed by atoms with E-state index in [0.717, 1.165) is 0 Å².